The van der Waals surface area contributed by atoms with Crippen LogP contribution in [0.2, 0.25) is 0 Å². The van der Waals surface area contributed by atoms with Gasteiger partial charge in [0, 0.05) is 5.33 Å². The van der Waals surface area contributed by atoms with Crippen molar-refractivity contribution in [1.82, 2.24) is 4.90 Å². The van der Waals surface area contributed by atoms with E-state index in [1.807, 2.05) is 26.0 Å². The van der Waals surface area contributed by atoms with Crippen LogP contribution in [0, 0.1) is 0 Å². The molecule has 52 valence electrons. The third-order valence-corrected chi connectivity index (χ3v) is 0.982. The fourth-order valence-corrected chi connectivity index (χ4v) is 0. The van der Waals surface area contributed by atoms with E-state index in [0.717, 1.165) is 5.33 Å². The highest BCUT2D eigenvalue weighted by molar-refractivity contribution is 9.09. The fourth-order valence-electron chi connectivity index (χ4n) is 0. The molecular weight excluding hydrogens is 166 g/mol. The van der Waals surface area contributed by atoms with E-state index in [4.69, 9.17) is 0 Å². The van der Waals surface area contributed by atoms with Gasteiger partial charge in [0.15, 0.2) is 0 Å². The SMILES string of the molecule is CCCBr.CN(C)C. The average molecular weight is 182 g/mol. The van der Waals surface area contributed by atoms with Crippen LogP contribution in [0.4, 0.5) is 0 Å². The normalized spacial score (nSPS) is 8.25. The van der Waals surface area contributed by atoms with Crippen LogP contribution >= 0.6 is 15.9 Å². The lowest BCUT2D eigenvalue weighted by atomic mass is 10.6. The zero-order valence-corrected chi connectivity index (χ0v) is 7.83. The second-order valence-corrected chi connectivity index (χ2v) is 2.82. The number of alkyl halides is 1. The lowest BCUT2D eigenvalue weighted by Gasteiger charge is -1.90. The predicted octanol–water partition coefficient (Wildman–Crippen LogP) is 1.97. The smallest absolute Gasteiger partial charge is 0.00286 e. The number of hydrogen-bond donors (Lipinski definition) is 0. The molecule has 0 rings (SSSR count). The molecule has 0 unspecified atom stereocenters. The van der Waals surface area contributed by atoms with Gasteiger partial charge >= 0.3 is 0 Å². The van der Waals surface area contributed by atoms with Crippen LogP contribution in [-0.2, 0) is 0 Å². The number of rotatable bonds is 1. The van der Waals surface area contributed by atoms with Crippen LogP contribution in [0.3, 0.4) is 0 Å². The van der Waals surface area contributed by atoms with Crippen LogP contribution in [0.1, 0.15) is 13.3 Å². The van der Waals surface area contributed by atoms with Crippen molar-refractivity contribution in [2.24, 2.45) is 0 Å². The third kappa shape index (κ3) is 91.9. The first-order chi connectivity index (χ1) is 3.65. The second kappa shape index (κ2) is 10.4. The molecule has 0 saturated carbocycles. The summed E-state index contributed by atoms with van der Waals surface area (Å²) in [6.07, 6.45) is 1.24. The van der Waals surface area contributed by atoms with E-state index in [0.29, 0.717) is 0 Å². The molecule has 0 saturated heterocycles. The minimum atomic E-state index is 1.13. The number of nitrogens with zero attached hydrogens (tertiary/aromatic N) is 1. The molecule has 0 bridgehead atoms. The maximum absolute atomic E-state index is 3.25. The van der Waals surface area contributed by atoms with Crippen molar-refractivity contribution in [3.63, 3.8) is 0 Å². The van der Waals surface area contributed by atoms with Crippen LogP contribution in [0.25, 0.3) is 0 Å². The summed E-state index contributed by atoms with van der Waals surface area (Å²) in [5.41, 5.74) is 0. The summed E-state index contributed by atoms with van der Waals surface area (Å²) in [4.78, 5) is 2.00. The maximum atomic E-state index is 3.25. The summed E-state index contributed by atoms with van der Waals surface area (Å²) in [5.74, 6) is 0. The molecule has 0 radical (unpaired) electrons. The van der Waals surface area contributed by atoms with Crippen LogP contribution in [0.5, 0.6) is 0 Å². The predicted molar refractivity (Wildman–Crippen MR) is 43.7 cm³/mol. The van der Waals surface area contributed by atoms with Gasteiger partial charge in [0.2, 0.25) is 0 Å². The molecule has 0 amide bonds. The van der Waals surface area contributed by atoms with Gasteiger partial charge in [0.05, 0.1) is 0 Å². The van der Waals surface area contributed by atoms with E-state index >= 15 is 0 Å². The van der Waals surface area contributed by atoms with Crippen LogP contribution in [-0.4, -0.2) is 31.4 Å². The Balaban J connectivity index is 0. The molecule has 8 heavy (non-hydrogen) atoms. The molecule has 0 aromatic carbocycles. The highest BCUT2D eigenvalue weighted by Crippen LogP contribution is 1.80. The summed E-state index contributed by atoms with van der Waals surface area (Å²) in [5, 5.41) is 1.13. The average Bonchev–Trinajstić information content (AvgIpc) is 1.65. The fraction of sp³-hybridized carbons (Fsp3) is 1.00. The minimum Gasteiger partial charge on any atom is -0.312 e. The van der Waals surface area contributed by atoms with Crippen molar-refractivity contribution in [2.75, 3.05) is 26.5 Å². The molecule has 0 atom stereocenters. The van der Waals surface area contributed by atoms with Crippen molar-refractivity contribution in [2.45, 2.75) is 13.3 Å². The van der Waals surface area contributed by atoms with Crippen molar-refractivity contribution in [3.8, 4) is 0 Å². The largest absolute Gasteiger partial charge is 0.312 e. The van der Waals surface area contributed by atoms with Crippen molar-refractivity contribution in [1.29, 1.82) is 0 Å². The molecule has 0 heterocycles. The molecule has 1 nitrogen and oxygen atoms in total. The molecule has 0 aliphatic heterocycles. The quantitative estimate of drug-likeness (QED) is 0.560. The third-order valence-electron chi connectivity index (χ3n) is 0.189. The minimum absolute atomic E-state index is 1.13. The van der Waals surface area contributed by atoms with E-state index in [9.17, 15) is 0 Å². The van der Waals surface area contributed by atoms with E-state index in [1.165, 1.54) is 6.42 Å². The molecule has 2 heteroatoms. The zero-order chi connectivity index (χ0) is 6.99. The van der Waals surface area contributed by atoms with Gasteiger partial charge in [-0.1, -0.05) is 22.9 Å². The van der Waals surface area contributed by atoms with E-state index in [2.05, 4.69) is 22.9 Å². The summed E-state index contributed by atoms with van der Waals surface area (Å²) >= 11 is 3.25. The lowest BCUT2D eigenvalue weighted by molar-refractivity contribution is 0.505. The van der Waals surface area contributed by atoms with Gasteiger partial charge in [-0.2, -0.15) is 0 Å². The zero-order valence-electron chi connectivity index (χ0n) is 6.24. The Morgan fingerprint density at radius 2 is 1.38 bits per heavy atom. The number of hydrogen-bond acceptors (Lipinski definition) is 1. The molecule has 0 aromatic rings. The van der Waals surface area contributed by atoms with E-state index in [1.54, 1.807) is 0 Å². The summed E-state index contributed by atoms with van der Waals surface area (Å²) in [6, 6.07) is 0. The van der Waals surface area contributed by atoms with Gasteiger partial charge in [-0.05, 0) is 27.6 Å². The van der Waals surface area contributed by atoms with E-state index in [-0.39, 0.29) is 0 Å². The van der Waals surface area contributed by atoms with Gasteiger partial charge in [-0.25, -0.2) is 0 Å². The van der Waals surface area contributed by atoms with Crippen molar-refractivity contribution in [3.05, 3.63) is 0 Å². The molecule has 0 aromatic heterocycles. The molecule has 0 aliphatic rings. The molecular formula is C6H16BrN. The molecule has 0 spiro atoms. The highest BCUT2D eigenvalue weighted by atomic mass is 79.9. The first-order valence-corrected chi connectivity index (χ1v) is 3.94. The van der Waals surface area contributed by atoms with Crippen molar-refractivity contribution >= 4 is 15.9 Å². The Bertz CT molecular complexity index is 25.0. The summed E-state index contributed by atoms with van der Waals surface area (Å²) in [6.45, 7) is 2.13. The number of halogens is 1. The Labute approximate surface area is 61.2 Å². The molecule has 0 N–H and O–H groups in total. The first-order valence-electron chi connectivity index (χ1n) is 2.82. The van der Waals surface area contributed by atoms with Crippen molar-refractivity contribution < 1.29 is 0 Å². The highest BCUT2D eigenvalue weighted by Gasteiger charge is 1.58. The van der Waals surface area contributed by atoms with Gasteiger partial charge < -0.3 is 4.90 Å². The Morgan fingerprint density at radius 1 is 1.25 bits per heavy atom. The molecule has 0 fully saturated rings. The van der Waals surface area contributed by atoms with Gasteiger partial charge in [-0.15, -0.1) is 0 Å². The Morgan fingerprint density at radius 3 is 1.38 bits per heavy atom. The topological polar surface area (TPSA) is 3.24 Å². The van der Waals surface area contributed by atoms with Gasteiger partial charge in [0.1, 0.15) is 0 Å². The summed E-state index contributed by atoms with van der Waals surface area (Å²) < 4.78 is 0. The lowest BCUT2D eigenvalue weighted by Crippen LogP contribution is -1.99. The maximum Gasteiger partial charge on any atom is 0.00286 e. The first kappa shape index (κ1) is 11.3. The van der Waals surface area contributed by atoms with Gasteiger partial charge in [0.25, 0.3) is 0 Å². The second-order valence-electron chi connectivity index (χ2n) is 2.03. The monoisotopic (exact) mass is 181 g/mol. The standard InChI is InChI=1S/C3H7Br.C3H9N/c1-2-3-4;1-4(2)3/h2-3H2,1H3;1-3H3. The summed E-state index contributed by atoms with van der Waals surface area (Å²) in [7, 11) is 6.00. The Kier molecular flexibility index (Phi) is 14.7. The Hall–Kier alpha value is 0.440. The van der Waals surface area contributed by atoms with Crippen LogP contribution in [0.15, 0.2) is 0 Å². The van der Waals surface area contributed by atoms with Gasteiger partial charge in [-0.3, -0.25) is 0 Å². The van der Waals surface area contributed by atoms with Crippen LogP contribution < -0.4 is 0 Å². The molecule has 0 aliphatic carbocycles. The van der Waals surface area contributed by atoms with E-state index < -0.39 is 0 Å².